The molecule has 5 aromatic rings. The van der Waals surface area contributed by atoms with Crippen LogP contribution in [-0.2, 0) is 24.3 Å². The van der Waals surface area contributed by atoms with Crippen molar-refractivity contribution in [3.05, 3.63) is 112 Å². The van der Waals surface area contributed by atoms with E-state index in [1.165, 1.54) is 42.6 Å². The molecule has 8 nitrogen and oxygen atoms in total. The van der Waals surface area contributed by atoms with E-state index in [-0.39, 0.29) is 52.5 Å². The number of fused-ring (bicyclic) bond motifs is 1. The van der Waals surface area contributed by atoms with Gasteiger partial charge in [-0.25, -0.2) is 22.9 Å². The van der Waals surface area contributed by atoms with Crippen molar-refractivity contribution in [2.45, 2.75) is 32.1 Å². The summed E-state index contributed by atoms with van der Waals surface area (Å²) in [5.74, 6) is -2.96. The van der Waals surface area contributed by atoms with Crippen molar-refractivity contribution in [3.63, 3.8) is 0 Å². The first-order chi connectivity index (χ1) is 20.7. The summed E-state index contributed by atoms with van der Waals surface area (Å²) >= 11 is 5.76. The fourth-order valence-corrected chi connectivity index (χ4v) is 4.86. The maximum absolute atomic E-state index is 15.3. The average molecular weight is 610 g/mol. The first-order valence-electron chi connectivity index (χ1n) is 13.3. The second-order valence-corrected chi connectivity index (χ2v) is 10.4. The highest BCUT2D eigenvalue weighted by Gasteiger charge is 2.23. The van der Waals surface area contributed by atoms with Gasteiger partial charge in [-0.05, 0) is 60.5 Å². The van der Waals surface area contributed by atoms with E-state index in [4.69, 9.17) is 25.8 Å². The molecule has 3 aromatic carbocycles. The second kappa shape index (κ2) is 11.9. The van der Waals surface area contributed by atoms with Gasteiger partial charge in [0.05, 0.1) is 34.9 Å². The van der Waals surface area contributed by atoms with Crippen LogP contribution in [0.2, 0.25) is 5.02 Å². The van der Waals surface area contributed by atoms with Gasteiger partial charge in [0.1, 0.15) is 24.0 Å². The summed E-state index contributed by atoms with van der Waals surface area (Å²) in [6.07, 6.45) is 2.10. The number of pyridine rings is 1. The van der Waals surface area contributed by atoms with Crippen molar-refractivity contribution in [3.8, 4) is 17.2 Å². The number of carbonyl (C=O) groups is 1. The maximum Gasteiger partial charge on any atom is 0.335 e. The van der Waals surface area contributed by atoms with Crippen LogP contribution >= 0.6 is 11.6 Å². The van der Waals surface area contributed by atoms with Crippen LogP contribution in [0.15, 0.2) is 66.9 Å². The van der Waals surface area contributed by atoms with Gasteiger partial charge in [-0.1, -0.05) is 11.6 Å². The summed E-state index contributed by atoms with van der Waals surface area (Å²) in [5.41, 5.74) is 1.61. The fourth-order valence-electron chi connectivity index (χ4n) is 4.70. The third kappa shape index (κ3) is 6.27. The minimum Gasteiger partial charge on any atom is -0.484 e. The number of hydrogen-bond donors (Lipinski definition) is 1. The molecule has 0 bridgehead atoms. The standard InChI is InChI=1S/C31H23ClF3N3O5/c32-19-2-4-28(25(35)12-19)42-16-20-13-21(5-7-36-20)43-29-14-23(33)18(9-24(29)34)11-30-37-26-3-1-17(31(39)40)10-27(26)38(30)15-22-6-8-41-22/h1-5,7,9-10,12-14,22H,6,8,11,15-16H2,(H,39,40)/t22-/m0/s1. The zero-order valence-corrected chi connectivity index (χ0v) is 23.2. The van der Waals surface area contributed by atoms with Gasteiger partial charge in [0.15, 0.2) is 23.1 Å². The molecule has 220 valence electrons. The van der Waals surface area contributed by atoms with E-state index in [0.29, 0.717) is 35.7 Å². The molecule has 0 saturated carbocycles. The number of aromatic carboxylic acids is 1. The van der Waals surface area contributed by atoms with Gasteiger partial charge in [0.2, 0.25) is 0 Å². The predicted molar refractivity (Wildman–Crippen MR) is 150 cm³/mol. The van der Waals surface area contributed by atoms with E-state index in [1.807, 2.05) is 0 Å². The molecule has 2 aromatic heterocycles. The molecule has 0 radical (unpaired) electrons. The van der Waals surface area contributed by atoms with Crippen LogP contribution in [0.5, 0.6) is 17.2 Å². The van der Waals surface area contributed by atoms with Crippen LogP contribution in [-0.4, -0.2) is 38.3 Å². The largest absolute Gasteiger partial charge is 0.484 e. The van der Waals surface area contributed by atoms with Gasteiger partial charge >= 0.3 is 5.97 Å². The summed E-state index contributed by atoms with van der Waals surface area (Å²) in [6.45, 7) is 0.923. The van der Waals surface area contributed by atoms with Crippen molar-refractivity contribution in [1.82, 2.24) is 14.5 Å². The fraction of sp³-hybridized carbons (Fsp3) is 0.194. The zero-order valence-electron chi connectivity index (χ0n) is 22.4. The Morgan fingerprint density at radius 2 is 1.84 bits per heavy atom. The Kier molecular flexibility index (Phi) is 7.92. The number of halogens is 4. The van der Waals surface area contributed by atoms with E-state index in [2.05, 4.69) is 9.97 Å². The van der Waals surface area contributed by atoms with Gasteiger partial charge in [-0.15, -0.1) is 0 Å². The lowest BCUT2D eigenvalue weighted by Crippen LogP contribution is -2.31. The first kappa shape index (κ1) is 28.5. The van der Waals surface area contributed by atoms with Crippen molar-refractivity contribution in [2.24, 2.45) is 0 Å². The Morgan fingerprint density at radius 1 is 1.02 bits per heavy atom. The Balaban J connectivity index is 1.21. The van der Waals surface area contributed by atoms with Crippen LogP contribution in [0, 0.1) is 17.5 Å². The maximum atomic E-state index is 15.3. The number of benzene rings is 3. The Bertz CT molecular complexity index is 1840. The quantitative estimate of drug-likeness (QED) is 0.183. The molecule has 12 heteroatoms. The monoisotopic (exact) mass is 609 g/mol. The lowest BCUT2D eigenvalue weighted by molar-refractivity contribution is -0.0589. The molecule has 1 N–H and O–H groups in total. The van der Waals surface area contributed by atoms with Gasteiger partial charge in [0.25, 0.3) is 0 Å². The van der Waals surface area contributed by atoms with E-state index in [9.17, 15) is 14.3 Å². The summed E-state index contributed by atoms with van der Waals surface area (Å²) in [4.78, 5) is 20.3. The van der Waals surface area contributed by atoms with Crippen LogP contribution < -0.4 is 9.47 Å². The number of rotatable bonds is 10. The summed E-state index contributed by atoms with van der Waals surface area (Å²) in [6, 6.07) is 13.5. The number of nitrogens with zero attached hydrogens (tertiary/aromatic N) is 3. The van der Waals surface area contributed by atoms with E-state index < -0.39 is 23.4 Å². The number of carboxylic acids is 1. The second-order valence-electron chi connectivity index (χ2n) is 9.93. The number of aromatic nitrogens is 3. The Hall–Kier alpha value is -4.61. The molecule has 0 amide bonds. The summed E-state index contributed by atoms with van der Waals surface area (Å²) in [7, 11) is 0. The van der Waals surface area contributed by atoms with Gasteiger partial charge in [-0.3, -0.25) is 4.98 Å². The molecule has 1 aliphatic rings. The van der Waals surface area contributed by atoms with Crippen molar-refractivity contribution in [2.75, 3.05) is 6.61 Å². The van der Waals surface area contributed by atoms with Crippen LogP contribution in [0.1, 0.15) is 33.9 Å². The van der Waals surface area contributed by atoms with E-state index in [1.54, 1.807) is 10.6 Å². The molecular weight excluding hydrogens is 587 g/mol. The molecular formula is C31H23ClF3N3O5. The van der Waals surface area contributed by atoms with Gasteiger partial charge < -0.3 is 23.9 Å². The molecule has 1 fully saturated rings. The number of imidazole rings is 1. The molecule has 0 aliphatic carbocycles. The highest BCUT2D eigenvalue weighted by molar-refractivity contribution is 6.30. The highest BCUT2D eigenvalue weighted by atomic mass is 35.5. The minimum absolute atomic E-state index is 0.0164. The predicted octanol–water partition coefficient (Wildman–Crippen LogP) is 6.95. The normalized spacial score (nSPS) is 14.5. The topological polar surface area (TPSA) is 95.7 Å². The minimum atomic E-state index is -1.08. The molecule has 1 aliphatic heterocycles. The molecule has 6 rings (SSSR count). The summed E-state index contributed by atoms with van der Waals surface area (Å²) in [5, 5.41) is 9.67. The lowest BCUT2D eigenvalue weighted by Gasteiger charge is -2.27. The molecule has 43 heavy (non-hydrogen) atoms. The summed E-state index contributed by atoms with van der Waals surface area (Å²) < 4.78 is 62.9. The van der Waals surface area contributed by atoms with E-state index >= 15 is 8.78 Å². The SMILES string of the molecule is O=C(O)c1ccc2nc(Cc3cc(F)c(Oc4ccnc(COc5ccc(Cl)cc5F)c4)cc3F)n(C[C@@H]3CCO3)c2c1. The van der Waals surface area contributed by atoms with Crippen molar-refractivity contribution < 1.29 is 37.3 Å². The van der Waals surface area contributed by atoms with Crippen LogP contribution in [0.25, 0.3) is 11.0 Å². The molecule has 3 heterocycles. The third-order valence-corrected chi connectivity index (χ3v) is 7.22. The number of carboxylic acid groups (broad SMARTS) is 1. The third-order valence-electron chi connectivity index (χ3n) is 6.99. The zero-order chi connectivity index (χ0) is 30.1. The van der Waals surface area contributed by atoms with E-state index in [0.717, 1.165) is 24.6 Å². The van der Waals surface area contributed by atoms with Crippen molar-refractivity contribution >= 4 is 28.6 Å². The van der Waals surface area contributed by atoms with Gasteiger partial charge in [-0.2, -0.15) is 0 Å². The molecule has 0 spiro atoms. The van der Waals surface area contributed by atoms with Crippen LogP contribution in [0.4, 0.5) is 13.2 Å². The first-order valence-corrected chi connectivity index (χ1v) is 13.6. The average Bonchev–Trinajstić information content (AvgIpc) is 3.29. The molecule has 1 saturated heterocycles. The number of ether oxygens (including phenoxy) is 3. The number of hydrogen-bond acceptors (Lipinski definition) is 6. The highest BCUT2D eigenvalue weighted by Crippen LogP contribution is 2.30. The lowest BCUT2D eigenvalue weighted by atomic mass is 10.1. The molecule has 0 unspecified atom stereocenters. The van der Waals surface area contributed by atoms with Crippen LogP contribution in [0.3, 0.4) is 0 Å². The smallest absolute Gasteiger partial charge is 0.335 e. The molecule has 1 atom stereocenters. The Labute approximate surface area is 248 Å². The van der Waals surface area contributed by atoms with Gasteiger partial charge in [0, 0.05) is 36.4 Å². The van der Waals surface area contributed by atoms with Crippen molar-refractivity contribution in [1.29, 1.82) is 0 Å². The Morgan fingerprint density at radius 3 is 2.58 bits per heavy atom.